The zero-order valence-electron chi connectivity index (χ0n) is 12.0. The summed E-state index contributed by atoms with van der Waals surface area (Å²) in [6.45, 7) is 9.40. The van der Waals surface area contributed by atoms with E-state index in [1.807, 2.05) is 0 Å². The maximum atomic E-state index is 11.5. The highest BCUT2D eigenvalue weighted by molar-refractivity contribution is 5.81. The fraction of sp³-hybridized carbons (Fsp3) is 0.750. The topological polar surface area (TPSA) is 99.1 Å². The lowest BCUT2D eigenvalue weighted by molar-refractivity contribution is -0.197. The molecule has 0 saturated carbocycles. The van der Waals surface area contributed by atoms with Crippen molar-refractivity contribution < 1.29 is 33.7 Å². The lowest BCUT2D eigenvalue weighted by atomic mass is 9.97. The second-order valence-corrected chi connectivity index (χ2v) is 5.91. The first kappa shape index (κ1) is 17.2. The van der Waals surface area contributed by atoms with Crippen LogP contribution in [0.5, 0.6) is 0 Å². The Hall–Kier alpha value is -1.79. The maximum Gasteiger partial charge on any atom is 0.512 e. The van der Waals surface area contributed by atoms with Crippen LogP contribution in [0.2, 0.25) is 0 Å². The molecule has 1 N–H and O–H groups in total. The number of hydrogen-bond acceptors (Lipinski definition) is 6. The van der Waals surface area contributed by atoms with Crippen molar-refractivity contribution in [2.75, 3.05) is 0 Å². The number of hydrogen-bond donors (Lipinski definition) is 1. The third-order valence-corrected chi connectivity index (χ3v) is 1.62. The molecule has 0 amide bonds. The van der Waals surface area contributed by atoms with E-state index in [-0.39, 0.29) is 0 Å². The second-order valence-electron chi connectivity index (χ2n) is 5.91. The van der Waals surface area contributed by atoms with Gasteiger partial charge in [-0.15, -0.1) is 0 Å². The summed E-state index contributed by atoms with van der Waals surface area (Å²) >= 11 is 0. The van der Waals surface area contributed by atoms with Crippen LogP contribution in [0.3, 0.4) is 0 Å². The summed E-state index contributed by atoms with van der Waals surface area (Å²) in [4.78, 5) is 33.7. The van der Waals surface area contributed by atoms with Crippen molar-refractivity contribution >= 4 is 18.1 Å². The molecule has 110 valence electrons. The largest absolute Gasteiger partial charge is 0.512 e. The fourth-order valence-electron chi connectivity index (χ4n) is 0.760. The molecule has 1 unspecified atom stereocenters. The number of rotatable bonds is 3. The van der Waals surface area contributed by atoms with Gasteiger partial charge in [-0.25, -0.2) is 9.59 Å². The molecule has 0 aliphatic rings. The summed E-state index contributed by atoms with van der Waals surface area (Å²) in [6.07, 6.45) is -3.25. The Morgan fingerprint density at radius 2 is 1.42 bits per heavy atom. The van der Waals surface area contributed by atoms with Gasteiger partial charge in [0.15, 0.2) is 0 Å². The van der Waals surface area contributed by atoms with Gasteiger partial charge in [-0.3, -0.25) is 4.79 Å². The summed E-state index contributed by atoms with van der Waals surface area (Å²) in [5, 5.41) is 8.83. The SMILES string of the molecule is CC(C)(C)OC(=O)OC(OC(=O)C(C)(C)C)C(=O)O. The molecule has 0 heterocycles. The van der Waals surface area contributed by atoms with Gasteiger partial charge < -0.3 is 19.3 Å². The van der Waals surface area contributed by atoms with Crippen LogP contribution in [0.15, 0.2) is 0 Å². The lowest BCUT2D eigenvalue weighted by Crippen LogP contribution is -2.37. The number of carboxylic acid groups (broad SMARTS) is 1. The van der Waals surface area contributed by atoms with Crippen molar-refractivity contribution in [3.05, 3.63) is 0 Å². The van der Waals surface area contributed by atoms with E-state index in [2.05, 4.69) is 9.47 Å². The van der Waals surface area contributed by atoms with Crippen LogP contribution >= 0.6 is 0 Å². The molecule has 0 rings (SSSR count). The van der Waals surface area contributed by atoms with Crippen molar-refractivity contribution in [1.82, 2.24) is 0 Å². The molecule has 1 atom stereocenters. The monoisotopic (exact) mass is 276 g/mol. The van der Waals surface area contributed by atoms with E-state index in [9.17, 15) is 14.4 Å². The molecule has 0 aromatic carbocycles. The van der Waals surface area contributed by atoms with Crippen LogP contribution in [-0.2, 0) is 23.8 Å². The lowest BCUT2D eigenvalue weighted by Gasteiger charge is -2.23. The van der Waals surface area contributed by atoms with E-state index in [0.29, 0.717) is 0 Å². The van der Waals surface area contributed by atoms with Crippen molar-refractivity contribution in [1.29, 1.82) is 0 Å². The molecule has 0 radical (unpaired) electrons. The normalized spacial score (nSPS) is 13.4. The molecule has 0 aromatic rings. The Kier molecular flexibility index (Phi) is 5.34. The minimum Gasteiger partial charge on any atom is -0.476 e. The Morgan fingerprint density at radius 3 is 1.74 bits per heavy atom. The summed E-state index contributed by atoms with van der Waals surface area (Å²) in [5.74, 6) is -2.40. The van der Waals surface area contributed by atoms with Gasteiger partial charge in [-0.2, -0.15) is 0 Å². The van der Waals surface area contributed by atoms with Crippen molar-refractivity contribution in [2.45, 2.75) is 53.4 Å². The zero-order chi connectivity index (χ0) is 15.4. The van der Waals surface area contributed by atoms with Gasteiger partial charge in [0.25, 0.3) is 0 Å². The number of ether oxygens (including phenoxy) is 3. The van der Waals surface area contributed by atoms with Crippen LogP contribution < -0.4 is 0 Å². The van der Waals surface area contributed by atoms with Gasteiger partial charge in [-0.05, 0) is 41.5 Å². The van der Waals surface area contributed by atoms with Crippen LogP contribution in [0, 0.1) is 5.41 Å². The highest BCUT2D eigenvalue weighted by atomic mass is 16.8. The summed E-state index contributed by atoms with van der Waals surface area (Å²) in [5.41, 5.74) is -1.75. The van der Waals surface area contributed by atoms with Gasteiger partial charge in [0, 0.05) is 0 Å². The molecule has 0 aliphatic heterocycles. The Labute approximate surface area is 111 Å². The van der Waals surface area contributed by atoms with Crippen LogP contribution in [0.25, 0.3) is 0 Å². The summed E-state index contributed by atoms with van der Waals surface area (Å²) in [6, 6.07) is 0. The van der Waals surface area contributed by atoms with Gasteiger partial charge in [-0.1, -0.05) is 0 Å². The van der Waals surface area contributed by atoms with Crippen molar-refractivity contribution in [3.8, 4) is 0 Å². The number of aliphatic carboxylic acids is 1. The molecule has 0 aromatic heterocycles. The number of esters is 1. The maximum absolute atomic E-state index is 11.5. The summed E-state index contributed by atoms with van der Waals surface area (Å²) < 4.78 is 13.8. The Balaban J connectivity index is 4.65. The standard InChI is InChI=1S/C12H20O7/c1-11(2,3)9(15)17-8(7(13)14)18-10(16)19-12(4,5)6/h8H,1-6H3,(H,13,14). The first-order chi connectivity index (χ1) is 8.33. The van der Waals surface area contributed by atoms with Gasteiger partial charge in [0.2, 0.25) is 0 Å². The smallest absolute Gasteiger partial charge is 0.476 e. The first-order valence-electron chi connectivity index (χ1n) is 5.66. The molecular formula is C12H20O7. The van der Waals surface area contributed by atoms with Crippen molar-refractivity contribution in [2.24, 2.45) is 5.41 Å². The van der Waals surface area contributed by atoms with Gasteiger partial charge >= 0.3 is 24.4 Å². The number of carbonyl (C=O) groups is 3. The minimum atomic E-state index is -2.03. The quantitative estimate of drug-likeness (QED) is 0.621. The van der Waals surface area contributed by atoms with Crippen LogP contribution in [0.1, 0.15) is 41.5 Å². The van der Waals surface area contributed by atoms with Gasteiger partial charge in [0.05, 0.1) is 5.41 Å². The molecular weight excluding hydrogens is 256 g/mol. The third-order valence-electron chi connectivity index (χ3n) is 1.62. The summed E-state index contributed by atoms with van der Waals surface area (Å²) in [7, 11) is 0. The predicted octanol–water partition coefficient (Wildman–Crippen LogP) is 1.94. The molecule has 0 saturated heterocycles. The average Bonchev–Trinajstić information content (AvgIpc) is 2.11. The average molecular weight is 276 g/mol. The molecule has 0 fully saturated rings. The van der Waals surface area contributed by atoms with E-state index in [1.54, 1.807) is 41.5 Å². The van der Waals surface area contributed by atoms with E-state index < -0.39 is 35.4 Å². The van der Waals surface area contributed by atoms with E-state index >= 15 is 0 Å². The number of carbonyl (C=O) groups excluding carboxylic acids is 2. The number of carboxylic acids is 1. The molecule has 0 aliphatic carbocycles. The highest BCUT2D eigenvalue weighted by Crippen LogP contribution is 2.17. The fourth-order valence-corrected chi connectivity index (χ4v) is 0.760. The van der Waals surface area contributed by atoms with E-state index in [1.165, 1.54) is 0 Å². The minimum absolute atomic E-state index is 0.802. The molecule has 0 bridgehead atoms. The molecule has 19 heavy (non-hydrogen) atoms. The Morgan fingerprint density at radius 1 is 0.947 bits per heavy atom. The van der Waals surface area contributed by atoms with E-state index in [0.717, 1.165) is 0 Å². The Bertz CT molecular complexity index is 359. The van der Waals surface area contributed by atoms with E-state index in [4.69, 9.17) is 9.84 Å². The van der Waals surface area contributed by atoms with Crippen LogP contribution in [-0.4, -0.2) is 35.1 Å². The molecule has 0 spiro atoms. The van der Waals surface area contributed by atoms with Crippen molar-refractivity contribution in [3.63, 3.8) is 0 Å². The zero-order valence-corrected chi connectivity index (χ0v) is 12.0. The molecule has 7 nitrogen and oxygen atoms in total. The molecule has 7 heteroatoms. The third kappa shape index (κ3) is 7.28. The first-order valence-corrected chi connectivity index (χ1v) is 5.66. The predicted molar refractivity (Wildman–Crippen MR) is 64.3 cm³/mol. The van der Waals surface area contributed by atoms with Gasteiger partial charge in [0.1, 0.15) is 5.60 Å². The second kappa shape index (κ2) is 5.90. The van der Waals surface area contributed by atoms with Crippen LogP contribution in [0.4, 0.5) is 4.79 Å². The highest BCUT2D eigenvalue weighted by Gasteiger charge is 2.33.